The summed E-state index contributed by atoms with van der Waals surface area (Å²) in [4.78, 5) is 63.0. The van der Waals surface area contributed by atoms with Crippen LogP contribution in [0.3, 0.4) is 0 Å². The van der Waals surface area contributed by atoms with Gasteiger partial charge in [-0.25, -0.2) is 9.44 Å². The van der Waals surface area contributed by atoms with E-state index in [1.807, 2.05) is 58.0 Å². The maximum absolute atomic E-state index is 13.9. The lowest BCUT2D eigenvalue weighted by Crippen LogP contribution is -2.56. The number of hydrogen-bond acceptors (Lipinski definition) is 16. The molecule has 2 saturated carbocycles. The van der Waals surface area contributed by atoms with E-state index >= 15 is 0 Å². The third-order valence-electron chi connectivity index (χ3n) is 23.2. The van der Waals surface area contributed by atoms with Crippen LogP contribution in [0.4, 0.5) is 11.4 Å². The molecule has 22 nitrogen and oxygen atoms in total. The Bertz CT molecular complexity index is 3830. The fraction of sp³-hybridized carbons (Fsp3) is 0.556. The molecule has 0 aromatic heterocycles. The molecule has 26 heteroatoms. The Balaban J connectivity index is 0.000000176. The van der Waals surface area contributed by atoms with Crippen LogP contribution in [0.15, 0.2) is 97.1 Å². The summed E-state index contributed by atoms with van der Waals surface area (Å²) < 4.78 is 70.1. The number of rotatable bonds is 6. The van der Waals surface area contributed by atoms with Gasteiger partial charge in [-0.15, -0.1) is 0 Å². The van der Waals surface area contributed by atoms with E-state index in [-0.39, 0.29) is 57.7 Å². The number of carbonyl (C=O) groups is 4. The Kier molecular flexibility index (Phi) is 19.5. The van der Waals surface area contributed by atoms with Gasteiger partial charge < -0.3 is 49.5 Å². The van der Waals surface area contributed by atoms with Crippen LogP contribution in [-0.2, 0) is 74.5 Å². The molecule has 4 aromatic rings. The summed E-state index contributed by atoms with van der Waals surface area (Å²) in [5.74, 6) is -1.71. The zero-order valence-corrected chi connectivity index (χ0v) is 59.1. The zero-order chi connectivity index (χ0) is 69.4. The number of amides is 4. The van der Waals surface area contributed by atoms with Gasteiger partial charge in [-0.2, -0.15) is 25.4 Å². The highest BCUT2D eigenvalue weighted by Gasteiger charge is 2.51. The van der Waals surface area contributed by atoms with Gasteiger partial charge in [0.05, 0.1) is 49.6 Å². The van der Waals surface area contributed by atoms with E-state index in [2.05, 4.69) is 21.9 Å². The standard InChI is InChI=1S/2C36H45ClN4O7S/c2*1-39(2)49(46,47)38-34(44)36(45)19-33(43)41-16-14-27(41)6-3-7-31(42)28-11-8-24(28)20-40-21-35(22-48-32-13-9-25(36)18-30(32)40)15-4-5-23-17-26(37)10-12-29(23)35/h2*3,7,9-10,12-13,17-18,24,27-28,31,42,45H,4-6,8,11,14-16,19-22H2,1-2H3,(H,38,44)/b2*7-3+/t2*24?,27-,28?,31?,35?,36?/m11/s1. The maximum atomic E-state index is 13.9. The van der Waals surface area contributed by atoms with Crippen molar-refractivity contribution >= 4 is 78.6 Å². The van der Waals surface area contributed by atoms with Crippen LogP contribution in [0, 0.1) is 23.7 Å². The van der Waals surface area contributed by atoms with Crippen molar-refractivity contribution in [1.29, 1.82) is 0 Å². The molecule has 98 heavy (non-hydrogen) atoms. The van der Waals surface area contributed by atoms with E-state index in [9.17, 15) is 56.4 Å². The van der Waals surface area contributed by atoms with E-state index < -0.39 is 80.3 Å². The molecule has 2 spiro atoms. The zero-order valence-electron chi connectivity index (χ0n) is 56.0. The molecule has 6 aliphatic heterocycles. The Hall–Kier alpha value is -6.32. The molecule has 4 aliphatic carbocycles. The second kappa shape index (κ2) is 27.2. The van der Waals surface area contributed by atoms with Gasteiger partial charge in [0.25, 0.3) is 11.8 Å². The number of benzene rings is 4. The van der Waals surface area contributed by atoms with Crippen molar-refractivity contribution in [3.63, 3.8) is 0 Å². The van der Waals surface area contributed by atoms with Crippen LogP contribution in [0.2, 0.25) is 10.0 Å². The quantitative estimate of drug-likeness (QED) is 0.112. The van der Waals surface area contributed by atoms with Crippen LogP contribution < -0.4 is 28.7 Å². The lowest BCUT2D eigenvalue weighted by molar-refractivity contribution is -0.153. The van der Waals surface area contributed by atoms with Gasteiger partial charge in [0.1, 0.15) is 11.5 Å². The molecule has 528 valence electrons. The number of nitrogens with one attached hydrogen (secondary N) is 2. The summed E-state index contributed by atoms with van der Waals surface area (Å²) in [6.07, 6.45) is 16.8. The van der Waals surface area contributed by atoms with Crippen LogP contribution in [0.1, 0.15) is 123 Å². The maximum Gasteiger partial charge on any atom is 0.303 e. The normalized spacial score (nSPS) is 32.1. The van der Waals surface area contributed by atoms with Gasteiger partial charge in [-0.1, -0.05) is 71.8 Å². The van der Waals surface area contributed by atoms with Crippen molar-refractivity contribution in [3.8, 4) is 11.5 Å². The number of fused-ring (bicyclic) bond motifs is 10. The van der Waals surface area contributed by atoms with Crippen molar-refractivity contribution in [3.05, 3.63) is 141 Å². The molecule has 4 amide bonds. The van der Waals surface area contributed by atoms with Crippen LogP contribution in [0.5, 0.6) is 11.5 Å². The van der Waals surface area contributed by atoms with E-state index in [0.717, 1.165) is 85.7 Å². The SMILES string of the molecule is CN(C)S(=O)(=O)NC(=O)C1(O)CC(=O)N2CC[C@H]2C/C=C/C(O)C2CCC2CN2CC3(CCCc4cc(Cl)ccc43)COc3ccc1cc32.CN(C)S(=O)(=O)NC(=O)C1(O)CC(=O)N2CC[C@H]2C/C=C/C(O)C2CCC2CN2CC3(CCCc4cc(Cl)ccc43)COc3ccc1cc32. The van der Waals surface area contributed by atoms with Gasteiger partial charge in [-0.05, 0) is 195 Å². The number of aryl methyl sites for hydroxylation is 2. The average molecular weight is 1430 g/mol. The lowest BCUT2D eigenvalue weighted by Gasteiger charge is -2.45. The summed E-state index contributed by atoms with van der Waals surface area (Å²) in [6, 6.07) is 21.7. The Morgan fingerprint density at radius 2 is 0.980 bits per heavy atom. The van der Waals surface area contributed by atoms with Gasteiger partial charge >= 0.3 is 20.4 Å². The molecule has 10 unspecified atom stereocenters. The monoisotopic (exact) mass is 1420 g/mol. The van der Waals surface area contributed by atoms with Crippen molar-refractivity contribution in [2.45, 2.75) is 149 Å². The first-order chi connectivity index (χ1) is 46.6. The van der Waals surface area contributed by atoms with Crippen LogP contribution in [0.25, 0.3) is 0 Å². The minimum Gasteiger partial charge on any atom is -0.490 e. The number of ether oxygens (including phenoxy) is 2. The molecule has 4 bridgehead atoms. The van der Waals surface area contributed by atoms with E-state index in [0.29, 0.717) is 98.2 Å². The highest BCUT2D eigenvalue weighted by atomic mass is 35.5. The molecule has 6 heterocycles. The van der Waals surface area contributed by atoms with Crippen molar-refractivity contribution in [1.82, 2.24) is 27.9 Å². The summed E-state index contributed by atoms with van der Waals surface area (Å²) in [7, 11) is -3.47. The molecule has 12 atom stereocenters. The predicted octanol–water partition coefficient (Wildman–Crippen LogP) is 6.52. The number of aliphatic hydroxyl groups is 4. The molecule has 14 rings (SSSR count). The fourth-order valence-electron chi connectivity index (χ4n) is 16.8. The number of anilines is 2. The van der Waals surface area contributed by atoms with E-state index in [4.69, 9.17) is 32.7 Å². The largest absolute Gasteiger partial charge is 0.490 e. The first kappa shape index (κ1) is 70.1. The second-order valence-electron chi connectivity index (χ2n) is 29.5. The highest BCUT2D eigenvalue weighted by molar-refractivity contribution is 7.88. The van der Waals surface area contributed by atoms with Gasteiger partial charge in [0.15, 0.2) is 11.2 Å². The number of carbonyl (C=O) groups excluding carboxylic acids is 4. The predicted molar refractivity (Wildman–Crippen MR) is 371 cm³/mol. The third-order valence-corrected chi connectivity index (χ3v) is 26.4. The topological polar surface area (TPSA) is 279 Å². The van der Waals surface area contributed by atoms with Gasteiger partial charge in [-0.3, -0.25) is 19.2 Å². The number of nitrogens with zero attached hydrogens (tertiary/aromatic N) is 6. The van der Waals surface area contributed by atoms with Crippen molar-refractivity contribution in [2.75, 3.05) is 90.5 Å². The third kappa shape index (κ3) is 13.4. The number of hydrogen-bond donors (Lipinski definition) is 6. The van der Waals surface area contributed by atoms with E-state index in [1.54, 1.807) is 46.2 Å². The molecule has 0 radical (unpaired) electrons. The molecule has 2 saturated heterocycles. The molecule has 4 aromatic carbocycles. The first-order valence-corrected chi connectivity index (χ1v) is 38.1. The second-order valence-corrected chi connectivity index (χ2v) is 34.1. The molecular formula is C72H90Cl2N8O14S2. The smallest absolute Gasteiger partial charge is 0.303 e. The molecule has 10 aliphatic rings. The van der Waals surface area contributed by atoms with Crippen molar-refractivity contribution in [2.24, 2.45) is 23.7 Å². The fourth-order valence-corrected chi connectivity index (χ4v) is 18.3. The highest BCUT2D eigenvalue weighted by Crippen LogP contribution is 2.51. The molecular weight excluding hydrogens is 1340 g/mol. The first-order valence-electron chi connectivity index (χ1n) is 34.4. The Morgan fingerprint density at radius 3 is 1.34 bits per heavy atom. The number of halogens is 2. The van der Waals surface area contributed by atoms with Gasteiger partial charge in [0, 0.05) is 100 Å². The average Bonchev–Trinajstić information content (AvgIpc) is 1.46. The Labute approximate surface area is 584 Å². The molecule has 6 N–H and O–H groups in total. The van der Waals surface area contributed by atoms with Crippen LogP contribution >= 0.6 is 23.2 Å². The summed E-state index contributed by atoms with van der Waals surface area (Å²) in [6.45, 7) is 4.11. The summed E-state index contributed by atoms with van der Waals surface area (Å²) >= 11 is 12.8. The van der Waals surface area contributed by atoms with Gasteiger partial charge in [0.2, 0.25) is 11.8 Å². The molecule has 4 fully saturated rings. The minimum atomic E-state index is -4.28. The summed E-state index contributed by atoms with van der Waals surface area (Å²) in [5, 5.41) is 48.4. The van der Waals surface area contributed by atoms with E-state index in [1.165, 1.54) is 50.4 Å². The Morgan fingerprint density at radius 1 is 0.571 bits per heavy atom. The van der Waals surface area contributed by atoms with Crippen LogP contribution in [-0.4, -0.2) is 184 Å². The van der Waals surface area contributed by atoms with Crippen molar-refractivity contribution < 1.29 is 65.9 Å². The minimum absolute atomic E-state index is 0.0615. The number of aliphatic hydroxyl groups excluding tert-OH is 2. The summed E-state index contributed by atoms with van der Waals surface area (Å²) in [5.41, 5.74) is 0.528. The lowest BCUT2D eigenvalue weighted by atomic mass is 9.68.